The van der Waals surface area contributed by atoms with E-state index >= 15 is 0 Å². The first-order chi connectivity index (χ1) is 8.95. The van der Waals surface area contributed by atoms with E-state index < -0.39 is 5.41 Å². The van der Waals surface area contributed by atoms with E-state index in [-0.39, 0.29) is 29.1 Å². The summed E-state index contributed by atoms with van der Waals surface area (Å²) in [5, 5.41) is 0. The third-order valence-electron chi connectivity index (χ3n) is 5.85. The molecule has 0 heterocycles. The van der Waals surface area contributed by atoms with Gasteiger partial charge in [-0.3, -0.25) is 9.59 Å². The largest absolute Gasteiger partial charge is 0.377 e. The van der Waals surface area contributed by atoms with E-state index in [1.807, 2.05) is 20.8 Å². The molecule has 0 aromatic heterocycles. The van der Waals surface area contributed by atoms with Crippen LogP contribution < -0.4 is 0 Å². The van der Waals surface area contributed by atoms with Crippen molar-refractivity contribution in [3.05, 3.63) is 0 Å². The van der Waals surface area contributed by atoms with Crippen molar-refractivity contribution in [2.75, 3.05) is 6.61 Å². The smallest absolute Gasteiger partial charge is 0.145 e. The number of carbonyl (C=O) groups excluding carboxylic acids is 2. The first-order valence-electron chi connectivity index (χ1n) is 7.64. The molecule has 1 spiro atoms. The topological polar surface area (TPSA) is 43.4 Å². The standard InChI is InChI=1S/C16H24O3/c1-4-19-12-5-6-16(7-8-16)13-11(17)9-10(2)14(18)15(12,13)3/h10,12-13H,4-9H2,1-3H3/t10-,12+,13+,15+/m1/s1. The molecule has 3 aliphatic rings. The molecular formula is C16H24O3. The van der Waals surface area contributed by atoms with Gasteiger partial charge in [-0.05, 0) is 44.9 Å². The SMILES string of the molecule is CCO[C@H]1CCC2(CC2)[C@H]2C(=O)C[C@@H](C)C(=O)[C@@]12C. The molecule has 0 aromatic carbocycles. The minimum Gasteiger partial charge on any atom is -0.377 e. The average molecular weight is 264 g/mol. The summed E-state index contributed by atoms with van der Waals surface area (Å²) in [6.45, 7) is 6.50. The van der Waals surface area contributed by atoms with Gasteiger partial charge in [0.15, 0.2) is 0 Å². The maximum absolute atomic E-state index is 12.8. The average Bonchev–Trinajstić information content (AvgIpc) is 3.11. The minimum absolute atomic E-state index is 0.0621. The summed E-state index contributed by atoms with van der Waals surface area (Å²) in [4.78, 5) is 25.4. The second-order valence-corrected chi connectivity index (χ2v) is 7.00. The second-order valence-electron chi connectivity index (χ2n) is 7.00. The minimum atomic E-state index is -0.570. The summed E-state index contributed by atoms with van der Waals surface area (Å²) in [6.07, 6.45) is 4.63. The van der Waals surface area contributed by atoms with Gasteiger partial charge in [-0.2, -0.15) is 0 Å². The monoisotopic (exact) mass is 264 g/mol. The first-order valence-corrected chi connectivity index (χ1v) is 7.64. The van der Waals surface area contributed by atoms with Gasteiger partial charge in [0.2, 0.25) is 0 Å². The number of rotatable bonds is 2. The summed E-state index contributed by atoms with van der Waals surface area (Å²) in [5.41, 5.74) is -0.422. The van der Waals surface area contributed by atoms with Crippen LogP contribution in [0.4, 0.5) is 0 Å². The molecule has 3 nitrogen and oxygen atoms in total. The predicted molar refractivity (Wildman–Crippen MR) is 71.7 cm³/mol. The summed E-state index contributed by atoms with van der Waals surface area (Å²) >= 11 is 0. The number of ketones is 2. The van der Waals surface area contributed by atoms with Crippen LogP contribution in [0.3, 0.4) is 0 Å². The molecule has 3 aliphatic carbocycles. The molecule has 3 fully saturated rings. The number of Topliss-reactive ketones (excluding diaryl/α,β-unsaturated/α-hetero) is 2. The third-order valence-corrected chi connectivity index (χ3v) is 5.85. The van der Waals surface area contributed by atoms with E-state index in [2.05, 4.69) is 0 Å². The molecule has 3 saturated carbocycles. The van der Waals surface area contributed by atoms with Gasteiger partial charge in [0, 0.05) is 24.9 Å². The lowest BCUT2D eigenvalue weighted by Crippen LogP contribution is -2.60. The maximum atomic E-state index is 12.8. The van der Waals surface area contributed by atoms with Gasteiger partial charge in [-0.1, -0.05) is 6.92 Å². The highest BCUT2D eigenvalue weighted by Gasteiger charge is 2.68. The molecule has 19 heavy (non-hydrogen) atoms. The van der Waals surface area contributed by atoms with Gasteiger partial charge in [0.05, 0.1) is 11.5 Å². The van der Waals surface area contributed by atoms with Gasteiger partial charge < -0.3 is 4.74 Å². The summed E-state index contributed by atoms with van der Waals surface area (Å²) in [7, 11) is 0. The van der Waals surface area contributed by atoms with E-state index in [9.17, 15) is 9.59 Å². The van der Waals surface area contributed by atoms with Crippen molar-refractivity contribution < 1.29 is 14.3 Å². The van der Waals surface area contributed by atoms with Crippen molar-refractivity contribution in [1.29, 1.82) is 0 Å². The highest BCUT2D eigenvalue weighted by molar-refractivity contribution is 6.01. The van der Waals surface area contributed by atoms with Crippen molar-refractivity contribution >= 4 is 11.6 Å². The molecule has 0 unspecified atom stereocenters. The van der Waals surface area contributed by atoms with Crippen molar-refractivity contribution in [2.45, 2.75) is 59.0 Å². The fraction of sp³-hybridized carbons (Fsp3) is 0.875. The highest BCUT2D eigenvalue weighted by atomic mass is 16.5. The quantitative estimate of drug-likeness (QED) is 0.770. The van der Waals surface area contributed by atoms with E-state index in [0.717, 1.165) is 25.7 Å². The Morgan fingerprint density at radius 3 is 2.53 bits per heavy atom. The maximum Gasteiger partial charge on any atom is 0.145 e. The predicted octanol–water partition coefficient (Wildman–Crippen LogP) is 2.77. The normalized spacial score (nSPS) is 44.3. The van der Waals surface area contributed by atoms with Crippen LogP contribution in [0.5, 0.6) is 0 Å². The molecule has 0 radical (unpaired) electrons. The molecular weight excluding hydrogens is 240 g/mol. The molecule has 0 saturated heterocycles. The molecule has 0 aliphatic heterocycles. The second kappa shape index (κ2) is 4.15. The lowest BCUT2D eigenvalue weighted by molar-refractivity contribution is -0.174. The van der Waals surface area contributed by atoms with Crippen molar-refractivity contribution in [2.24, 2.45) is 22.7 Å². The van der Waals surface area contributed by atoms with E-state index in [0.29, 0.717) is 18.8 Å². The molecule has 0 N–H and O–H groups in total. The van der Waals surface area contributed by atoms with Gasteiger partial charge in [-0.25, -0.2) is 0 Å². The number of ether oxygens (including phenoxy) is 1. The number of hydrogen-bond acceptors (Lipinski definition) is 3. The van der Waals surface area contributed by atoms with Crippen molar-refractivity contribution in [1.82, 2.24) is 0 Å². The van der Waals surface area contributed by atoms with E-state index in [1.54, 1.807) is 0 Å². The molecule has 106 valence electrons. The molecule has 3 heteroatoms. The van der Waals surface area contributed by atoms with Gasteiger partial charge in [-0.15, -0.1) is 0 Å². The lowest BCUT2D eigenvalue weighted by Gasteiger charge is -2.53. The van der Waals surface area contributed by atoms with Crippen LogP contribution in [0.1, 0.15) is 52.9 Å². The van der Waals surface area contributed by atoms with Crippen LogP contribution in [0.15, 0.2) is 0 Å². The zero-order valence-electron chi connectivity index (χ0n) is 12.2. The summed E-state index contributed by atoms with van der Waals surface area (Å²) in [6, 6.07) is 0. The molecule has 4 atom stereocenters. The van der Waals surface area contributed by atoms with Crippen molar-refractivity contribution in [3.8, 4) is 0 Å². The lowest BCUT2D eigenvalue weighted by atomic mass is 9.51. The van der Waals surface area contributed by atoms with E-state index in [4.69, 9.17) is 4.74 Å². The number of carbonyl (C=O) groups is 2. The number of hydrogen-bond donors (Lipinski definition) is 0. The number of fused-ring (bicyclic) bond motifs is 2. The molecule has 0 bridgehead atoms. The van der Waals surface area contributed by atoms with Crippen LogP contribution in [-0.4, -0.2) is 24.3 Å². The Balaban J connectivity index is 2.03. The fourth-order valence-corrected chi connectivity index (χ4v) is 4.86. The summed E-state index contributed by atoms with van der Waals surface area (Å²) < 4.78 is 5.87. The Morgan fingerprint density at radius 2 is 1.95 bits per heavy atom. The van der Waals surface area contributed by atoms with Gasteiger partial charge >= 0.3 is 0 Å². The molecule has 0 aromatic rings. The molecule has 0 amide bonds. The van der Waals surface area contributed by atoms with E-state index in [1.165, 1.54) is 0 Å². The fourth-order valence-electron chi connectivity index (χ4n) is 4.86. The Bertz CT molecular complexity index is 424. The van der Waals surface area contributed by atoms with Crippen LogP contribution in [0.2, 0.25) is 0 Å². The first kappa shape index (κ1) is 13.3. The van der Waals surface area contributed by atoms with Gasteiger partial charge in [0.1, 0.15) is 11.6 Å². The van der Waals surface area contributed by atoms with Crippen molar-refractivity contribution in [3.63, 3.8) is 0 Å². The van der Waals surface area contributed by atoms with Crippen LogP contribution >= 0.6 is 0 Å². The third kappa shape index (κ3) is 1.67. The zero-order chi connectivity index (χ0) is 13.8. The summed E-state index contributed by atoms with van der Waals surface area (Å²) in [5.74, 6) is 0.373. The Morgan fingerprint density at radius 1 is 1.26 bits per heavy atom. The highest BCUT2D eigenvalue weighted by Crippen LogP contribution is 2.67. The Labute approximate surface area is 115 Å². The van der Waals surface area contributed by atoms with Crippen LogP contribution in [0, 0.1) is 22.7 Å². The van der Waals surface area contributed by atoms with Crippen LogP contribution in [-0.2, 0) is 14.3 Å². The molecule has 3 rings (SSSR count). The Hall–Kier alpha value is -0.700. The zero-order valence-corrected chi connectivity index (χ0v) is 12.2. The van der Waals surface area contributed by atoms with Gasteiger partial charge in [0.25, 0.3) is 0 Å². The van der Waals surface area contributed by atoms with Crippen LogP contribution in [0.25, 0.3) is 0 Å². The Kier molecular flexibility index (Phi) is 2.90.